The van der Waals surface area contributed by atoms with Crippen LogP contribution in [0.2, 0.25) is 0 Å². The van der Waals surface area contributed by atoms with Gasteiger partial charge in [0.1, 0.15) is 0 Å². The van der Waals surface area contributed by atoms with E-state index in [9.17, 15) is 0 Å². The molecule has 0 unspecified atom stereocenters. The van der Waals surface area contributed by atoms with E-state index in [1.807, 2.05) is 24.4 Å². The highest BCUT2D eigenvalue weighted by Gasteiger charge is 2.13. The van der Waals surface area contributed by atoms with Gasteiger partial charge in [-0.2, -0.15) is 0 Å². The Morgan fingerprint density at radius 3 is 2.71 bits per heavy atom. The Morgan fingerprint density at radius 1 is 1.21 bits per heavy atom. The van der Waals surface area contributed by atoms with Crippen molar-refractivity contribution >= 4 is 23.4 Å². The second kappa shape index (κ2) is 8.20. The van der Waals surface area contributed by atoms with Gasteiger partial charge in [0.15, 0.2) is 5.96 Å². The van der Waals surface area contributed by atoms with Crippen molar-refractivity contribution in [1.29, 1.82) is 0 Å². The van der Waals surface area contributed by atoms with Crippen LogP contribution in [0.25, 0.3) is 0 Å². The Morgan fingerprint density at radius 2 is 2.00 bits per heavy atom. The molecule has 0 radical (unpaired) electrons. The fourth-order valence-electron chi connectivity index (χ4n) is 2.15. The number of nitrogens with one attached hydrogen (secondary N) is 1. The summed E-state index contributed by atoms with van der Waals surface area (Å²) in [6.07, 6.45) is 2.82. The van der Waals surface area contributed by atoms with Gasteiger partial charge in [-0.25, -0.2) is 9.98 Å². The molecule has 3 N–H and O–H groups in total. The van der Waals surface area contributed by atoms with E-state index >= 15 is 0 Å². The third kappa shape index (κ3) is 6.24. The molecule has 1 aromatic heterocycles. The fourth-order valence-corrected chi connectivity index (χ4v) is 3.10. The van der Waals surface area contributed by atoms with Crippen molar-refractivity contribution in [1.82, 2.24) is 4.98 Å². The molecule has 2 rings (SSSR count). The van der Waals surface area contributed by atoms with Crippen LogP contribution in [0.4, 0.5) is 5.69 Å². The van der Waals surface area contributed by atoms with Gasteiger partial charge in [0.2, 0.25) is 0 Å². The molecule has 0 spiro atoms. The summed E-state index contributed by atoms with van der Waals surface area (Å²) in [5.41, 5.74) is 9.34. The van der Waals surface area contributed by atoms with Crippen molar-refractivity contribution in [2.75, 3.05) is 5.32 Å². The first-order chi connectivity index (χ1) is 11.4. The fraction of sp³-hybridized carbons (Fsp3) is 0.368. The number of hydrogen-bond acceptors (Lipinski definition) is 3. The van der Waals surface area contributed by atoms with Crippen LogP contribution in [-0.2, 0) is 13.0 Å². The lowest BCUT2D eigenvalue weighted by Gasteiger charge is -2.16. The lowest BCUT2D eigenvalue weighted by Crippen LogP contribution is -2.22. The summed E-state index contributed by atoms with van der Waals surface area (Å²) in [5, 5.41) is 4.16. The van der Waals surface area contributed by atoms with Gasteiger partial charge >= 0.3 is 0 Å². The highest BCUT2D eigenvalue weighted by atomic mass is 32.2. The molecule has 0 bridgehead atoms. The van der Waals surface area contributed by atoms with Crippen LogP contribution >= 0.6 is 11.8 Å². The normalized spacial score (nSPS) is 12.2. The van der Waals surface area contributed by atoms with E-state index in [1.165, 1.54) is 5.56 Å². The van der Waals surface area contributed by atoms with Gasteiger partial charge < -0.3 is 11.1 Å². The Balaban J connectivity index is 2.00. The molecule has 2 aromatic rings. The Bertz CT molecular complexity index is 705. The maximum absolute atomic E-state index is 6.00. The zero-order valence-corrected chi connectivity index (χ0v) is 15.7. The van der Waals surface area contributed by atoms with Crippen molar-refractivity contribution in [2.24, 2.45) is 10.7 Å². The SMILES string of the molecule is CCc1cccc(NC(N)=NCc2ccnc(SC(C)(C)C)c2)c1. The Labute approximate surface area is 149 Å². The summed E-state index contributed by atoms with van der Waals surface area (Å²) in [4.78, 5) is 8.84. The second-order valence-corrected chi connectivity index (χ2v) is 8.44. The largest absolute Gasteiger partial charge is 0.370 e. The van der Waals surface area contributed by atoms with E-state index in [2.05, 4.69) is 61.2 Å². The third-order valence-corrected chi connectivity index (χ3v) is 4.29. The van der Waals surface area contributed by atoms with E-state index in [1.54, 1.807) is 11.8 Å². The highest BCUT2D eigenvalue weighted by molar-refractivity contribution is 8.00. The number of aryl methyl sites for hydroxylation is 1. The number of nitrogens with two attached hydrogens (primary N) is 1. The number of thioether (sulfide) groups is 1. The van der Waals surface area contributed by atoms with Crippen molar-refractivity contribution in [3.05, 3.63) is 53.7 Å². The molecular weight excluding hydrogens is 316 g/mol. The van der Waals surface area contributed by atoms with Crippen LogP contribution in [0.1, 0.15) is 38.8 Å². The van der Waals surface area contributed by atoms with Crippen molar-refractivity contribution < 1.29 is 0 Å². The molecule has 4 nitrogen and oxygen atoms in total. The lowest BCUT2D eigenvalue weighted by atomic mass is 10.1. The van der Waals surface area contributed by atoms with Crippen molar-refractivity contribution in [3.63, 3.8) is 0 Å². The number of anilines is 1. The molecule has 0 aliphatic carbocycles. The molecule has 24 heavy (non-hydrogen) atoms. The van der Waals surface area contributed by atoms with Gasteiger partial charge in [-0.15, -0.1) is 11.8 Å². The summed E-state index contributed by atoms with van der Waals surface area (Å²) < 4.78 is 0.139. The number of aliphatic imine (C=N–C) groups is 1. The first-order valence-corrected chi connectivity index (χ1v) is 8.97. The predicted molar refractivity (Wildman–Crippen MR) is 105 cm³/mol. The molecule has 0 atom stereocenters. The molecule has 0 amide bonds. The van der Waals surface area contributed by atoms with Crippen LogP contribution in [0.3, 0.4) is 0 Å². The average Bonchev–Trinajstić information content (AvgIpc) is 2.52. The van der Waals surface area contributed by atoms with E-state index in [0.717, 1.165) is 22.7 Å². The monoisotopic (exact) mass is 342 g/mol. The number of benzene rings is 1. The topological polar surface area (TPSA) is 63.3 Å². The number of guanidine groups is 1. The number of rotatable bonds is 5. The minimum atomic E-state index is 0.139. The lowest BCUT2D eigenvalue weighted by molar-refractivity contribution is 0.798. The summed E-state index contributed by atoms with van der Waals surface area (Å²) in [6.45, 7) is 9.20. The van der Waals surface area contributed by atoms with Crippen molar-refractivity contribution in [2.45, 2.75) is 50.4 Å². The maximum atomic E-state index is 6.00. The van der Waals surface area contributed by atoms with Crippen molar-refractivity contribution in [3.8, 4) is 0 Å². The first kappa shape index (κ1) is 18.3. The molecule has 5 heteroatoms. The molecule has 0 aliphatic heterocycles. The molecule has 0 fully saturated rings. The Kier molecular flexibility index (Phi) is 6.26. The number of hydrogen-bond donors (Lipinski definition) is 2. The summed E-state index contributed by atoms with van der Waals surface area (Å²) >= 11 is 1.75. The second-order valence-electron chi connectivity index (χ2n) is 6.60. The van der Waals surface area contributed by atoms with Gasteiger partial charge in [0, 0.05) is 16.6 Å². The number of pyridine rings is 1. The van der Waals surface area contributed by atoms with Crippen LogP contribution in [0.15, 0.2) is 52.6 Å². The minimum absolute atomic E-state index is 0.139. The molecule has 128 valence electrons. The van der Waals surface area contributed by atoms with Gasteiger partial charge in [-0.1, -0.05) is 39.8 Å². The highest BCUT2D eigenvalue weighted by Crippen LogP contribution is 2.30. The van der Waals surface area contributed by atoms with E-state index in [-0.39, 0.29) is 4.75 Å². The maximum Gasteiger partial charge on any atom is 0.193 e. The van der Waals surface area contributed by atoms with E-state index in [4.69, 9.17) is 5.73 Å². The van der Waals surface area contributed by atoms with Crippen LogP contribution in [-0.4, -0.2) is 15.7 Å². The molecule has 1 aromatic carbocycles. The molecule has 0 saturated heterocycles. The van der Waals surface area contributed by atoms with Crippen LogP contribution in [0, 0.1) is 0 Å². The Hall–Kier alpha value is -2.01. The standard InChI is InChI=1S/C19H26N4S/c1-5-14-7-6-8-16(11-14)23-18(20)22-13-15-9-10-21-17(12-15)24-19(2,3)4/h6-12H,5,13H2,1-4H3,(H3,20,22,23). The van der Waals surface area contributed by atoms with E-state index in [0.29, 0.717) is 12.5 Å². The molecule has 0 aliphatic rings. The molecular formula is C19H26N4S. The van der Waals surface area contributed by atoms with E-state index < -0.39 is 0 Å². The smallest absolute Gasteiger partial charge is 0.193 e. The molecule has 0 saturated carbocycles. The summed E-state index contributed by atoms with van der Waals surface area (Å²) in [7, 11) is 0. The first-order valence-electron chi connectivity index (χ1n) is 8.15. The number of aromatic nitrogens is 1. The summed E-state index contributed by atoms with van der Waals surface area (Å²) in [5.74, 6) is 0.421. The quantitative estimate of drug-likeness (QED) is 0.478. The zero-order valence-electron chi connectivity index (χ0n) is 14.8. The average molecular weight is 343 g/mol. The predicted octanol–water partition coefficient (Wildman–Crippen LogP) is 4.46. The summed E-state index contributed by atoms with van der Waals surface area (Å²) in [6, 6.07) is 12.3. The minimum Gasteiger partial charge on any atom is -0.370 e. The molecule has 1 heterocycles. The van der Waals surface area contributed by atoms with Gasteiger partial charge in [0.25, 0.3) is 0 Å². The van der Waals surface area contributed by atoms with Gasteiger partial charge in [-0.05, 0) is 41.8 Å². The van der Waals surface area contributed by atoms with Gasteiger partial charge in [-0.3, -0.25) is 0 Å². The van der Waals surface area contributed by atoms with Crippen LogP contribution < -0.4 is 11.1 Å². The van der Waals surface area contributed by atoms with Gasteiger partial charge in [0.05, 0.1) is 11.6 Å². The number of nitrogens with zero attached hydrogens (tertiary/aromatic N) is 2. The zero-order chi connectivity index (χ0) is 17.6. The third-order valence-electron chi connectivity index (χ3n) is 3.25. The van der Waals surface area contributed by atoms with Crippen LogP contribution in [0.5, 0.6) is 0 Å².